The number of carbonyl (C=O) groups excluding carboxylic acids is 1. The zero-order valence-corrected chi connectivity index (χ0v) is 13.7. The molecule has 124 valence electrons. The number of para-hydroxylation sites is 1. The molecule has 1 aromatic carbocycles. The molecule has 0 saturated carbocycles. The van der Waals surface area contributed by atoms with Gasteiger partial charge in [0.05, 0.1) is 0 Å². The number of methoxy groups -OCH3 is 1. The van der Waals surface area contributed by atoms with Crippen molar-refractivity contribution < 1.29 is 9.53 Å². The van der Waals surface area contributed by atoms with Crippen LogP contribution in [0.25, 0.3) is 10.9 Å². The number of amides is 1. The minimum Gasteiger partial charge on any atom is -0.375 e. The van der Waals surface area contributed by atoms with Crippen molar-refractivity contribution in [1.29, 1.82) is 0 Å². The van der Waals surface area contributed by atoms with Crippen LogP contribution in [-0.4, -0.2) is 49.1 Å². The van der Waals surface area contributed by atoms with E-state index in [1.165, 1.54) is 29.4 Å². The van der Waals surface area contributed by atoms with E-state index in [2.05, 4.69) is 45.5 Å². The van der Waals surface area contributed by atoms with Crippen molar-refractivity contribution in [1.82, 2.24) is 15.2 Å². The monoisotopic (exact) mass is 315 g/mol. The molecule has 3 rings (SSSR count). The van der Waals surface area contributed by atoms with Crippen molar-refractivity contribution in [2.75, 3.05) is 33.4 Å². The number of rotatable bonds is 6. The topological polar surface area (TPSA) is 57.4 Å². The molecule has 0 spiro atoms. The van der Waals surface area contributed by atoms with Crippen LogP contribution in [0.3, 0.4) is 0 Å². The fourth-order valence-corrected chi connectivity index (χ4v) is 3.36. The Labute approximate surface area is 137 Å². The van der Waals surface area contributed by atoms with E-state index >= 15 is 0 Å². The number of carbonyl (C=O) groups is 1. The summed E-state index contributed by atoms with van der Waals surface area (Å²) in [6, 6.07) is 10.6. The highest BCUT2D eigenvalue weighted by molar-refractivity contribution is 5.80. The van der Waals surface area contributed by atoms with Crippen LogP contribution in [-0.2, 0) is 16.1 Å². The molecule has 1 fully saturated rings. The second-order valence-electron chi connectivity index (χ2n) is 6.36. The van der Waals surface area contributed by atoms with Crippen molar-refractivity contribution in [2.45, 2.75) is 19.4 Å². The number of hydrogen-bond acceptors (Lipinski definition) is 3. The van der Waals surface area contributed by atoms with Gasteiger partial charge in [-0.3, -0.25) is 9.69 Å². The number of ether oxygens (including phenoxy) is 1. The fraction of sp³-hybridized carbons (Fsp3) is 0.500. The van der Waals surface area contributed by atoms with E-state index in [0.29, 0.717) is 5.92 Å². The van der Waals surface area contributed by atoms with E-state index in [9.17, 15) is 4.79 Å². The van der Waals surface area contributed by atoms with Gasteiger partial charge < -0.3 is 15.0 Å². The lowest BCUT2D eigenvalue weighted by atomic mass is 9.98. The summed E-state index contributed by atoms with van der Waals surface area (Å²) in [6.45, 7) is 3.98. The highest BCUT2D eigenvalue weighted by atomic mass is 16.5. The normalized spacial score (nSPS) is 19.1. The van der Waals surface area contributed by atoms with Gasteiger partial charge in [-0.2, -0.15) is 0 Å². The number of fused-ring (bicyclic) bond motifs is 1. The Bertz CT molecular complexity index is 620. The lowest BCUT2D eigenvalue weighted by Gasteiger charge is -2.32. The van der Waals surface area contributed by atoms with Crippen LogP contribution in [0.1, 0.15) is 18.5 Å². The average molecular weight is 315 g/mol. The Morgan fingerprint density at radius 2 is 2.30 bits per heavy atom. The molecular formula is C18H25N3O2. The first-order valence-electron chi connectivity index (χ1n) is 8.29. The second kappa shape index (κ2) is 7.62. The number of likely N-dealkylation sites (tertiary alicyclic amines) is 1. The molecule has 0 unspecified atom stereocenters. The van der Waals surface area contributed by atoms with Crippen molar-refractivity contribution in [3.63, 3.8) is 0 Å². The molecule has 1 aliphatic heterocycles. The number of hydrogen-bond donors (Lipinski definition) is 2. The number of nitrogens with one attached hydrogen (secondary N) is 2. The van der Waals surface area contributed by atoms with Crippen molar-refractivity contribution >= 4 is 16.8 Å². The molecular weight excluding hydrogens is 290 g/mol. The van der Waals surface area contributed by atoms with Gasteiger partial charge in [-0.1, -0.05) is 18.2 Å². The van der Waals surface area contributed by atoms with Crippen LogP contribution in [0.15, 0.2) is 30.3 Å². The molecule has 1 saturated heterocycles. The maximum atomic E-state index is 11.5. The van der Waals surface area contributed by atoms with Crippen molar-refractivity contribution in [3.05, 3.63) is 36.0 Å². The lowest BCUT2D eigenvalue weighted by Crippen LogP contribution is -2.41. The fourth-order valence-electron chi connectivity index (χ4n) is 3.36. The van der Waals surface area contributed by atoms with Gasteiger partial charge in [0.2, 0.25) is 5.91 Å². The largest absolute Gasteiger partial charge is 0.375 e. The predicted octanol–water partition coefficient (Wildman–Crippen LogP) is 2.14. The number of benzene rings is 1. The first-order chi connectivity index (χ1) is 11.2. The Morgan fingerprint density at radius 1 is 1.43 bits per heavy atom. The van der Waals surface area contributed by atoms with Crippen LogP contribution < -0.4 is 5.32 Å². The number of H-pyrrole nitrogens is 1. The third-order valence-electron chi connectivity index (χ3n) is 4.45. The maximum absolute atomic E-state index is 11.5. The Balaban J connectivity index is 1.53. The zero-order chi connectivity index (χ0) is 16.1. The van der Waals surface area contributed by atoms with Crippen LogP contribution in [0.2, 0.25) is 0 Å². The Hall–Kier alpha value is -1.85. The zero-order valence-electron chi connectivity index (χ0n) is 13.7. The Kier molecular flexibility index (Phi) is 5.31. The highest BCUT2D eigenvalue weighted by Crippen LogP contribution is 2.20. The Morgan fingerprint density at radius 3 is 3.13 bits per heavy atom. The molecule has 2 heterocycles. The van der Waals surface area contributed by atoms with Crippen LogP contribution >= 0.6 is 0 Å². The van der Waals surface area contributed by atoms with E-state index in [-0.39, 0.29) is 12.5 Å². The van der Waals surface area contributed by atoms with E-state index in [1.807, 2.05) is 0 Å². The molecule has 5 nitrogen and oxygen atoms in total. The molecule has 0 bridgehead atoms. The molecule has 23 heavy (non-hydrogen) atoms. The van der Waals surface area contributed by atoms with E-state index in [1.54, 1.807) is 7.11 Å². The molecule has 0 radical (unpaired) electrons. The first-order valence-corrected chi connectivity index (χ1v) is 8.29. The van der Waals surface area contributed by atoms with Crippen LogP contribution in [0.5, 0.6) is 0 Å². The molecule has 1 aromatic heterocycles. The molecule has 1 amide bonds. The van der Waals surface area contributed by atoms with Crippen LogP contribution in [0, 0.1) is 5.92 Å². The summed E-state index contributed by atoms with van der Waals surface area (Å²) in [5, 5.41) is 4.23. The van der Waals surface area contributed by atoms with E-state index < -0.39 is 0 Å². The van der Waals surface area contributed by atoms with E-state index in [0.717, 1.165) is 26.2 Å². The third kappa shape index (κ3) is 4.33. The third-order valence-corrected chi connectivity index (χ3v) is 4.45. The highest BCUT2D eigenvalue weighted by Gasteiger charge is 2.20. The lowest BCUT2D eigenvalue weighted by molar-refractivity contribution is -0.125. The molecule has 5 heteroatoms. The average Bonchev–Trinajstić information content (AvgIpc) is 2.96. The number of aromatic nitrogens is 1. The van der Waals surface area contributed by atoms with Gasteiger partial charge in [0.1, 0.15) is 6.61 Å². The smallest absolute Gasteiger partial charge is 0.245 e. The van der Waals surface area contributed by atoms with Gasteiger partial charge in [-0.05, 0) is 42.8 Å². The maximum Gasteiger partial charge on any atom is 0.245 e. The van der Waals surface area contributed by atoms with Gasteiger partial charge in [-0.15, -0.1) is 0 Å². The summed E-state index contributed by atoms with van der Waals surface area (Å²) in [6.07, 6.45) is 2.36. The summed E-state index contributed by atoms with van der Waals surface area (Å²) in [4.78, 5) is 17.5. The van der Waals surface area contributed by atoms with E-state index in [4.69, 9.17) is 4.74 Å². The first kappa shape index (κ1) is 16.0. The summed E-state index contributed by atoms with van der Waals surface area (Å²) < 4.78 is 4.85. The summed E-state index contributed by atoms with van der Waals surface area (Å²) in [7, 11) is 1.54. The molecule has 2 aromatic rings. The SMILES string of the molecule is COCC(=O)NC[C@H]1CCCN(Cc2cc3ccccc3[nH]2)C1. The van der Waals surface area contributed by atoms with Crippen LogP contribution in [0.4, 0.5) is 0 Å². The standard InChI is InChI=1S/C18H25N3O2/c1-23-13-18(22)19-10-14-5-4-8-21(11-14)12-16-9-15-6-2-3-7-17(15)20-16/h2-3,6-7,9,14,20H,4-5,8,10-13H2,1H3,(H,19,22)/t14-/m1/s1. The number of nitrogens with zero attached hydrogens (tertiary/aromatic N) is 1. The number of aromatic amines is 1. The number of piperidine rings is 1. The summed E-state index contributed by atoms with van der Waals surface area (Å²) in [5.74, 6) is 0.495. The quantitative estimate of drug-likeness (QED) is 0.859. The minimum absolute atomic E-state index is 0.0276. The molecule has 1 aliphatic rings. The molecule has 0 aliphatic carbocycles. The minimum atomic E-state index is -0.0276. The summed E-state index contributed by atoms with van der Waals surface area (Å²) >= 11 is 0. The van der Waals surface area contributed by atoms with Gasteiger partial charge >= 0.3 is 0 Å². The molecule has 2 N–H and O–H groups in total. The van der Waals surface area contributed by atoms with Gasteiger partial charge in [0, 0.05) is 38.0 Å². The van der Waals surface area contributed by atoms with Gasteiger partial charge in [0.25, 0.3) is 0 Å². The van der Waals surface area contributed by atoms with Crippen molar-refractivity contribution in [3.8, 4) is 0 Å². The summed E-state index contributed by atoms with van der Waals surface area (Å²) in [5.41, 5.74) is 2.46. The van der Waals surface area contributed by atoms with Crippen molar-refractivity contribution in [2.24, 2.45) is 5.92 Å². The second-order valence-corrected chi connectivity index (χ2v) is 6.36. The van der Waals surface area contributed by atoms with Gasteiger partial charge in [-0.25, -0.2) is 0 Å². The predicted molar refractivity (Wildman–Crippen MR) is 91.2 cm³/mol. The molecule has 1 atom stereocenters. The van der Waals surface area contributed by atoms with Gasteiger partial charge in [0.15, 0.2) is 0 Å².